The van der Waals surface area contributed by atoms with Crippen LogP contribution in [0.4, 0.5) is 16.0 Å². The van der Waals surface area contributed by atoms with Crippen molar-refractivity contribution in [2.24, 2.45) is 0 Å². The van der Waals surface area contributed by atoms with Gasteiger partial charge in [-0.1, -0.05) is 6.07 Å². The summed E-state index contributed by atoms with van der Waals surface area (Å²) in [4.78, 5) is 22.5. The van der Waals surface area contributed by atoms with Crippen molar-refractivity contribution in [1.29, 1.82) is 0 Å². The fraction of sp³-hybridized carbons (Fsp3) is 0.312. The highest BCUT2D eigenvalue weighted by atomic mass is 19.1. The Balaban J connectivity index is 2.10. The lowest BCUT2D eigenvalue weighted by Crippen LogP contribution is -2.32. The van der Waals surface area contributed by atoms with E-state index in [2.05, 4.69) is 20.6 Å². The van der Waals surface area contributed by atoms with E-state index in [1.807, 2.05) is 19.0 Å². The topological polar surface area (TPSA) is 70.2 Å². The molecule has 0 saturated heterocycles. The Hall–Kier alpha value is -2.54. The number of carbonyl (C=O) groups is 1. The van der Waals surface area contributed by atoms with Gasteiger partial charge >= 0.3 is 0 Å². The monoisotopic (exact) mass is 317 g/mol. The molecule has 1 heterocycles. The van der Waals surface area contributed by atoms with E-state index >= 15 is 0 Å². The number of carbonyl (C=O) groups excluding carboxylic acids is 1. The number of amides is 1. The van der Waals surface area contributed by atoms with Gasteiger partial charge in [0.05, 0.1) is 0 Å². The van der Waals surface area contributed by atoms with Crippen molar-refractivity contribution in [1.82, 2.24) is 20.2 Å². The van der Waals surface area contributed by atoms with E-state index in [9.17, 15) is 9.18 Å². The number of aromatic nitrogens is 2. The molecule has 0 aliphatic heterocycles. The number of benzene rings is 1. The Kier molecular flexibility index (Phi) is 5.59. The summed E-state index contributed by atoms with van der Waals surface area (Å²) in [5, 5.41) is 5.70. The second-order valence-electron chi connectivity index (χ2n) is 5.41. The molecular weight excluding hydrogens is 297 g/mol. The number of rotatable bonds is 6. The van der Waals surface area contributed by atoms with Gasteiger partial charge in [0.15, 0.2) is 0 Å². The third-order valence-corrected chi connectivity index (χ3v) is 3.01. The van der Waals surface area contributed by atoms with Crippen LogP contribution in [0.15, 0.2) is 30.3 Å². The van der Waals surface area contributed by atoms with E-state index in [1.165, 1.54) is 12.1 Å². The minimum absolute atomic E-state index is 0.258. The van der Waals surface area contributed by atoms with Gasteiger partial charge in [-0.05, 0) is 45.3 Å². The van der Waals surface area contributed by atoms with E-state index in [1.54, 1.807) is 25.1 Å². The van der Waals surface area contributed by atoms with Crippen LogP contribution in [0.3, 0.4) is 0 Å². The zero-order valence-corrected chi connectivity index (χ0v) is 13.4. The van der Waals surface area contributed by atoms with Crippen LogP contribution in [-0.4, -0.2) is 48.0 Å². The van der Waals surface area contributed by atoms with Crippen LogP contribution in [0.5, 0.6) is 0 Å². The first-order valence-electron chi connectivity index (χ1n) is 7.25. The second kappa shape index (κ2) is 7.64. The van der Waals surface area contributed by atoms with Crippen molar-refractivity contribution in [3.8, 4) is 0 Å². The van der Waals surface area contributed by atoms with Gasteiger partial charge in [-0.15, -0.1) is 0 Å². The van der Waals surface area contributed by atoms with Crippen LogP contribution in [0.1, 0.15) is 16.2 Å². The summed E-state index contributed by atoms with van der Waals surface area (Å²) >= 11 is 0. The first kappa shape index (κ1) is 16.8. The molecular formula is C16H20FN5O. The number of anilines is 2. The summed E-state index contributed by atoms with van der Waals surface area (Å²) in [7, 11) is 3.87. The van der Waals surface area contributed by atoms with E-state index in [4.69, 9.17) is 0 Å². The minimum Gasteiger partial charge on any atom is -0.349 e. The van der Waals surface area contributed by atoms with Crippen LogP contribution in [0.2, 0.25) is 0 Å². The minimum atomic E-state index is -0.357. The number of likely N-dealkylation sites (N-methyl/N-ethyl adjacent to an activating group) is 1. The highest BCUT2D eigenvalue weighted by molar-refractivity contribution is 5.92. The maximum Gasteiger partial charge on any atom is 0.270 e. The average molecular weight is 317 g/mol. The molecule has 1 aromatic carbocycles. The molecule has 2 N–H and O–H groups in total. The van der Waals surface area contributed by atoms with Crippen molar-refractivity contribution in [2.75, 3.05) is 32.5 Å². The van der Waals surface area contributed by atoms with Gasteiger partial charge < -0.3 is 15.5 Å². The molecule has 0 atom stereocenters. The summed E-state index contributed by atoms with van der Waals surface area (Å²) in [5.74, 6) is -0.364. The summed E-state index contributed by atoms with van der Waals surface area (Å²) < 4.78 is 13.2. The SMILES string of the molecule is Cc1cc(C(=O)NCCN(C)C)nc(Nc2cccc(F)c2)n1. The zero-order valence-electron chi connectivity index (χ0n) is 13.4. The molecule has 2 aromatic rings. The maximum atomic E-state index is 13.2. The summed E-state index contributed by atoms with van der Waals surface area (Å²) in [5.41, 5.74) is 1.45. The normalized spacial score (nSPS) is 10.7. The van der Waals surface area contributed by atoms with Crippen LogP contribution >= 0.6 is 0 Å². The molecule has 23 heavy (non-hydrogen) atoms. The number of hydrogen-bond donors (Lipinski definition) is 2. The summed E-state index contributed by atoms with van der Waals surface area (Å²) in [6.07, 6.45) is 0. The fourth-order valence-electron chi connectivity index (χ4n) is 1.92. The highest BCUT2D eigenvalue weighted by Gasteiger charge is 2.10. The van der Waals surface area contributed by atoms with E-state index in [0.717, 1.165) is 6.54 Å². The molecule has 122 valence electrons. The van der Waals surface area contributed by atoms with Crippen LogP contribution in [-0.2, 0) is 0 Å². The van der Waals surface area contributed by atoms with Gasteiger partial charge in [-0.25, -0.2) is 14.4 Å². The molecule has 0 aliphatic rings. The molecule has 0 bridgehead atoms. The molecule has 1 aromatic heterocycles. The standard InChI is InChI=1S/C16H20FN5O/c1-11-9-14(15(23)18-7-8-22(2)3)21-16(19-11)20-13-6-4-5-12(17)10-13/h4-6,9-10H,7-8H2,1-3H3,(H,18,23)(H,19,20,21). The third-order valence-electron chi connectivity index (χ3n) is 3.01. The van der Waals surface area contributed by atoms with Crippen molar-refractivity contribution >= 4 is 17.5 Å². The highest BCUT2D eigenvalue weighted by Crippen LogP contribution is 2.15. The van der Waals surface area contributed by atoms with E-state index < -0.39 is 0 Å². The van der Waals surface area contributed by atoms with Crippen LogP contribution < -0.4 is 10.6 Å². The van der Waals surface area contributed by atoms with Crippen LogP contribution in [0.25, 0.3) is 0 Å². The zero-order chi connectivity index (χ0) is 16.8. The molecule has 7 heteroatoms. The molecule has 0 spiro atoms. The smallest absolute Gasteiger partial charge is 0.270 e. The van der Waals surface area contributed by atoms with Gasteiger partial charge in [0.2, 0.25) is 5.95 Å². The lowest BCUT2D eigenvalue weighted by Gasteiger charge is -2.11. The number of halogens is 1. The van der Waals surface area contributed by atoms with Gasteiger partial charge in [-0.2, -0.15) is 0 Å². The Morgan fingerprint density at radius 3 is 2.74 bits per heavy atom. The van der Waals surface area contributed by atoms with Crippen LogP contribution in [0, 0.1) is 12.7 Å². The Labute approximate surface area is 134 Å². The van der Waals surface area contributed by atoms with E-state index in [0.29, 0.717) is 17.9 Å². The number of aryl methyl sites for hydroxylation is 1. The fourth-order valence-corrected chi connectivity index (χ4v) is 1.92. The Morgan fingerprint density at radius 2 is 2.04 bits per heavy atom. The maximum absolute atomic E-state index is 13.2. The van der Waals surface area contributed by atoms with E-state index in [-0.39, 0.29) is 23.4 Å². The Morgan fingerprint density at radius 1 is 1.26 bits per heavy atom. The molecule has 2 rings (SSSR count). The molecule has 0 fully saturated rings. The molecule has 0 unspecified atom stereocenters. The summed E-state index contributed by atoms with van der Waals surface area (Å²) in [6, 6.07) is 7.59. The lowest BCUT2D eigenvalue weighted by atomic mass is 10.3. The predicted molar refractivity (Wildman–Crippen MR) is 87.3 cm³/mol. The van der Waals surface area contributed by atoms with Crippen molar-refractivity contribution < 1.29 is 9.18 Å². The average Bonchev–Trinajstić information content (AvgIpc) is 2.46. The second-order valence-corrected chi connectivity index (χ2v) is 5.41. The van der Waals surface area contributed by atoms with Crippen molar-refractivity contribution in [3.05, 3.63) is 47.5 Å². The largest absolute Gasteiger partial charge is 0.349 e. The molecule has 0 saturated carbocycles. The third kappa shape index (κ3) is 5.30. The quantitative estimate of drug-likeness (QED) is 0.852. The summed E-state index contributed by atoms with van der Waals surface area (Å²) in [6.45, 7) is 3.04. The number of hydrogen-bond acceptors (Lipinski definition) is 5. The number of nitrogens with one attached hydrogen (secondary N) is 2. The molecule has 0 radical (unpaired) electrons. The first-order chi connectivity index (χ1) is 10.9. The van der Waals surface area contributed by atoms with Gasteiger partial charge in [0.25, 0.3) is 5.91 Å². The van der Waals surface area contributed by atoms with Gasteiger partial charge in [-0.3, -0.25) is 4.79 Å². The number of nitrogens with zero attached hydrogens (tertiary/aromatic N) is 3. The van der Waals surface area contributed by atoms with Crippen molar-refractivity contribution in [3.63, 3.8) is 0 Å². The molecule has 6 nitrogen and oxygen atoms in total. The molecule has 1 amide bonds. The lowest BCUT2D eigenvalue weighted by molar-refractivity contribution is 0.0946. The first-order valence-corrected chi connectivity index (χ1v) is 7.25. The predicted octanol–water partition coefficient (Wildman–Crippen LogP) is 1.96. The van der Waals surface area contributed by atoms with Crippen molar-refractivity contribution in [2.45, 2.75) is 6.92 Å². The van der Waals surface area contributed by atoms with Gasteiger partial charge in [0, 0.05) is 24.5 Å². The Bertz CT molecular complexity index is 690. The molecule has 0 aliphatic carbocycles. The van der Waals surface area contributed by atoms with Gasteiger partial charge in [0.1, 0.15) is 11.5 Å².